The Balaban J connectivity index is 2.10. The minimum absolute atomic E-state index is 0.131. The van der Waals surface area contributed by atoms with Gasteiger partial charge in [0.15, 0.2) is 0 Å². The molecule has 1 fully saturated rings. The van der Waals surface area contributed by atoms with Crippen molar-refractivity contribution in [3.8, 4) is 0 Å². The van der Waals surface area contributed by atoms with E-state index >= 15 is 0 Å². The molecule has 100 valence electrons. The molecule has 2 N–H and O–H groups in total. The molecular weight excluding hydrogens is 231 g/mol. The maximum absolute atomic E-state index is 14.0. The molecule has 0 saturated carbocycles. The highest BCUT2D eigenvalue weighted by molar-refractivity contribution is 5.50. The Morgan fingerprint density at radius 2 is 2.33 bits per heavy atom. The molecule has 1 aliphatic heterocycles. The summed E-state index contributed by atoms with van der Waals surface area (Å²) in [5.41, 5.74) is 7.27. The van der Waals surface area contributed by atoms with Crippen LogP contribution in [-0.2, 0) is 4.74 Å². The van der Waals surface area contributed by atoms with Gasteiger partial charge in [0, 0.05) is 32.2 Å². The molecule has 0 amide bonds. The third-order valence-corrected chi connectivity index (χ3v) is 3.53. The number of nitrogens with two attached hydrogens (primary N) is 1. The van der Waals surface area contributed by atoms with Crippen LogP contribution in [0.25, 0.3) is 0 Å². The van der Waals surface area contributed by atoms with Gasteiger partial charge < -0.3 is 15.4 Å². The lowest BCUT2D eigenvalue weighted by atomic mass is 10.1. The molecule has 0 radical (unpaired) electrons. The van der Waals surface area contributed by atoms with Gasteiger partial charge >= 0.3 is 0 Å². The monoisotopic (exact) mass is 252 g/mol. The first-order chi connectivity index (χ1) is 8.61. The summed E-state index contributed by atoms with van der Waals surface area (Å²) in [6.45, 7) is 4.36. The molecule has 0 aromatic heterocycles. The first-order valence-electron chi connectivity index (χ1n) is 6.40. The number of methoxy groups -OCH3 is 1. The van der Waals surface area contributed by atoms with Crippen LogP contribution in [0.4, 0.5) is 10.1 Å². The highest BCUT2D eigenvalue weighted by Crippen LogP contribution is 2.28. The predicted octanol–water partition coefficient (Wildman–Crippen LogP) is 2.32. The smallest absolute Gasteiger partial charge is 0.146 e. The third-order valence-electron chi connectivity index (χ3n) is 3.53. The van der Waals surface area contributed by atoms with Gasteiger partial charge in [-0.1, -0.05) is 6.07 Å². The number of hydrogen-bond donors (Lipinski definition) is 1. The molecule has 1 aromatic rings. The number of nitrogens with zero attached hydrogens (tertiary/aromatic N) is 1. The van der Waals surface area contributed by atoms with Gasteiger partial charge in [0.05, 0.1) is 12.3 Å². The molecule has 18 heavy (non-hydrogen) atoms. The SMILES string of the molecule is COCC1CCN(c2ccc([C@H](C)N)cc2F)C1. The maximum Gasteiger partial charge on any atom is 0.146 e. The Morgan fingerprint density at radius 3 is 2.94 bits per heavy atom. The number of anilines is 1. The second kappa shape index (κ2) is 5.67. The normalized spacial score (nSPS) is 21.3. The van der Waals surface area contributed by atoms with Crippen molar-refractivity contribution in [1.82, 2.24) is 0 Å². The Kier molecular flexibility index (Phi) is 4.19. The third kappa shape index (κ3) is 2.82. The molecule has 1 unspecified atom stereocenters. The summed E-state index contributed by atoms with van der Waals surface area (Å²) in [4.78, 5) is 2.09. The molecule has 1 heterocycles. The summed E-state index contributed by atoms with van der Waals surface area (Å²) in [7, 11) is 1.71. The lowest BCUT2D eigenvalue weighted by molar-refractivity contribution is 0.161. The Hall–Kier alpha value is -1.13. The Morgan fingerprint density at radius 1 is 1.56 bits per heavy atom. The molecule has 0 aliphatic carbocycles. The summed E-state index contributed by atoms with van der Waals surface area (Å²) in [5, 5.41) is 0. The molecule has 4 heteroatoms. The minimum atomic E-state index is -0.178. The minimum Gasteiger partial charge on any atom is -0.384 e. The van der Waals surface area contributed by atoms with E-state index in [0.717, 1.165) is 31.7 Å². The number of rotatable bonds is 4. The van der Waals surface area contributed by atoms with Gasteiger partial charge in [-0.05, 0) is 31.0 Å². The Bertz CT molecular complexity index is 409. The highest BCUT2D eigenvalue weighted by atomic mass is 19.1. The van der Waals surface area contributed by atoms with Crippen molar-refractivity contribution >= 4 is 5.69 Å². The topological polar surface area (TPSA) is 38.5 Å². The van der Waals surface area contributed by atoms with Crippen molar-refractivity contribution in [3.63, 3.8) is 0 Å². The van der Waals surface area contributed by atoms with Crippen LogP contribution in [-0.4, -0.2) is 26.8 Å². The molecule has 1 aromatic carbocycles. The van der Waals surface area contributed by atoms with E-state index in [9.17, 15) is 4.39 Å². The van der Waals surface area contributed by atoms with Gasteiger partial charge in [-0.3, -0.25) is 0 Å². The molecular formula is C14H21FN2O. The second-order valence-electron chi connectivity index (χ2n) is 5.06. The molecule has 2 atom stereocenters. The van der Waals surface area contributed by atoms with Gasteiger partial charge in [-0.15, -0.1) is 0 Å². The van der Waals surface area contributed by atoms with Crippen LogP contribution >= 0.6 is 0 Å². The van der Waals surface area contributed by atoms with Crippen LogP contribution in [0.5, 0.6) is 0 Å². The van der Waals surface area contributed by atoms with E-state index in [1.165, 1.54) is 0 Å². The summed E-state index contributed by atoms with van der Waals surface area (Å²) in [5.74, 6) is 0.324. The zero-order chi connectivity index (χ0) is 13.1. The van der Waals surface area contributed by atoms with Crippen LogP contribution in [0, 0.1) is 11.7 Å². The van der Waals surface area contributed by atoms with Crippen molar-refractivity contribution < 1.29 is 9.13 Å². The van der Waals surface area contributed by atoms with E-state index in [2.05, 4.69) is 4.90 Å². The summed E-state index contributed by atoms with van der Waals surface area (Å²) >= 11 is 0. The maximum atomic E-state index is 14.0. The molecule has 2 rings (SSSR count). The van der Waals surface area contributed by atoms with E-state index in [1.54, 1.807) is 13.2 Å². The zero-order valence-corrected chi connectivity index (χ0v) is 11.0. The average Bonchev–Trinajstić information content (AvgIpc) is 2.77. The second-order valence-corrected chi connectivity index (χ2v) is 5.06. The van der Waals surface area contributed by atoms with Crippen LogP contribution in [0.3, 0.4) is 0 Å². The van der Waals surface area contributed by atoms with Crippen molar-refractivity contribution in [3.05, 3.63) is 29.6 Å². The molecule has 3 nitrogen and oxygen atoms in total. The lowest BCUT2D eigenvalue weighted by Gasteiger charge is -2.20. The van der Waals surface area contributed by atoms with Crippen LogP contribution in [0.1, 0.15) is 24.9 Å². The van der Waals surface area contributed by atoms with Gasteiger partial charge in [0.25, 0.3) is 0 Å². The number of ether oxygens (including phenoxy) is 1. The largest absolute Gasteiger partial charge is 0.384 e. The van der Waals surface area contributed by atoms with E-state index in [4.69, 9.17) is 10.5 Å². The number of halogens is 1. The fraction of sp³-hybridized carbons (Fsp3) is 0.571. The highest BCUT2D eigenvalue weighted by Gasteiger charge is 2.24. The summed E-state index contributed by atoms with van der Waals surface area (Å²) < 4.78 is 19.2. The number of benzene rings is 1. The number of hydrogen-bond acceptors (Lipinski definition) is 3. The predicted molar refractivity (Wildman–Crippen MR) is 71.2 cm³/mol. The fourth-order valence-corrected chi connectivity index (χ4v) is 2.49. The van der Waals surface area contributed by atoms with Crippen molar-refractivity contribution in [2.45, 2.75) is 19.4 Å². The Labute approximate surface area is 108 Å². The van der Waals surface area contributed by atoms with Gasteiger partial charge in [-0.2, -0.15) is 0 Å². The van der Waals surface area contributed by atoms with Crippen LogP contribution in [0.2, 0.25) is 0 Å². The van der Waals surface area contributed by atoms with E-state index < -0.39 is 0 Å². The molecule has 1 aliphatic rings. The summed E-state index contributed by atoms with van der Waals surface area (Å²) in [6.07, 6.45) is 1.06. The first kappa shape index (κ1) is 13.3. The van der Waals surface area contributed by atoms with E-state index in [-0.39, 0.29) is 11.9 Å². The molecule has 0 bridgehead atoms. The summed E-state index contributed by atoms with van der Waals surface area (Å²) in [6, 6.07) is 5.16. The van der Waals surface area contributed by atoms with E-state index in [1.807, 2.05) is 19.1 Å². The van der Waals surface area contributed by atoms with Crippen LogP contribution in [0.15, 0.2) is 18.2 Å². The van der Waals surface area contributed by atoms with Crippen LogP contribution < -0.4 is 10.6 Å². The molecule has 0 spiro atoms. The van der Waals surface area contributed by atoms with Crippen molar-refractivity contribution in [2.75, 3.05) is 31.7 Å². The van der Waals surface area contributed by atoms with Gasteiger partial charge in [0.1, 0.15) is 5.82 Å². The zero-order valence-electron chi connectivity index (χ0n) is 11.0. The van der Waals surface area contributed by atoms with E-state index in [0.29, 0.717) is 11.6 Å². The first-order valence-corrected chi connectivity index (χ1v) is 6.40. The molecule has 1 saturated heterocycles. The van der Waals surface area contributed by atoms with Gasteiger partial charge in [0.2, 0.25) is 0 Å². The quantitative estimate of drug-likeness (QED) is 0.893. The fourth-order valence-electron chi connectivity index (χ4n) is 2.49. The average molecular weight is 252 g/mol. The standard InChI is InChI=1S/C14H21FN2O/c1-10(16)12-3-4-14(13(15)7-12)17-6-5-11(8-17)9-18-2/h3-4,7,10-11H,5-6,8-9,16H2,1-2H3/t10-,11?/m0/s1. The lowest BCUT2D eigenvalue weighted by Crippen LogP contribution is -2.22. The van der Waals surface area contributed by atoms with Gasteiger partial charge in [-0.25, -0.2) is 4.39 Å². The van der Waals surface area contributed by atoms with Crippen molar-refractivity contribution in [1.29, 1.82) is 0 Å². The van der Waals surface area contributed by atoms with Crippen molar-refractivity contribution in [2.24, 2.45) is 11.7 Å².